The van der Waals surface area contributed by atoms with Crippen LogP contribution in [0, 0.1) is 12.8 Å². The molecule has 1 aliphatic carbocycles. The van der Waals surface area contributed by atoms with Gasteiger partial charge in [0, 0.05) is 25.6 Å². The molecule has 130 valence electrons. The first-order valence-electron chi connectivity index (χ1n) is 8.03. The van der Waals surface area contributed by atoms with Crippen molar-refractivity contribution in [2.45, 2.75) is 38.8 Å². The Morgan fingerprint density at radius 2 is 2.21 bits per heavy atom. The van der Waals surface area contributed by atoms with Crippen molar-refractivity contribution in [1.82, 2.24) is 14.9 Å². The molecule has 7 heteroatoms. The number of carbonyl (C=O) groups excluding carboxylic acids is 1. The van der Waals surface area contributed by atoms with Crippen LogP contribution in [0.3, 0.4) is 0 Å². The Morgan fingerprint density at radius 3 is 2.92 bits per heavy atom. The van der Waals surface area contributed by atoms with Gasteiger partial charge >= 0.3 is 0 Å². The molecule has 3 N–H and O–H groups in total. The average Bonchev–Trinajstić information content (AvgIpc) is 3.37. The Morgan fingerprint density at radius 1 is 1.46 bits per heavy atom. The smallest absolute Gasteiger partial charge is 0.261 e. The lowest BCUT2D eigenvalue weighted by atomic mass is 10.1. The lowest BCUT2D eigenvalue weighted by Gasteiger charge is -2.12. The minimum absolute atomic E-state index is 0. The molecule has 0 saturated heterocycles. The Hall–Kier alpha value is -1.92. The third-order valence-electron chi connectivity index (χ3n) is 4.40. The molecular formula is C17H23ClN4O2. The zero-order valence-corrected chi connectivity index (χ0v) is 14.5. The quantitative estimate of drug-likeness (QED) is 0.823. The SMILES string of the molecule is Cc1cccc2c(=O)n(CCC(=O)NCC(N)C3CC3)cnc12.Cl. The normalized spacial score (nSPS) is 14.9. The van der Waals surface area contributed by atoms with Crippen molar-refractivity contribution >= 4 is 29.2 Å². The van der Waals surface area contributed by atoms with E-state index in [1.807, 2.05) is 19.1 Å². The Kier molecular flexibility index (Phi) is 5.96. The van der Waals surface area contributed by atoms with Gasteiger partial charge in [0.2, 0.25) is 5.91 Å². The van der Waals surface area contributed by atoms with Crippen LogP contribution in [0.25, 0.3) is 10.9 Å². The summed E-state index contributed by atoms with van der Waals surface area (Å²) in [5, 5.41) is 3.43. The monoisotopic (exact) mass is 350 g/mol. The average molecular weight is 351 g/mol. The number of nitrogens with zero attached hydrogens (tertiary/aromatic N) is 2. The molecule has 0 aliphatic heterocycles. The van der Waals surface area contributed by atoms with Gasteiger partial charge in [0.25, 0.3) is 5.56 Å². The zero-order valence-electron chi connectivity index (χ0n) is 13.7. The second-order valence-electron chi connectivity index (χ2n) is 6.27. The number of amides is 1. The first kappa shape index (κ1) is 18.4. The number of aromatic nitrogens is 2. The van der Waals surface area contributed by atoms with E-state index in [1.54, 1.807) is 6.07 Å². The molecule has 1 heterocycles. The van der Waals surface area contributed by atoms with Crippen molar-refractivity contribution in [2.24, 2.45) is 11.7 Å². The molecule has 0 bridgehead atoms. The number of hydrogen-bond donors (Lipinski definition) is 2. The van der Waals surface area contributed by atoms with Gasteiger partial charge in [0.05, 0.1) is 17.2 Å². The summed E-state index contributed by atoms with van der Waals surface area (Å²) in [5.74, 6) is 0.475. The summed E-state index contributed by atoms with van der Waals surface area (Å²) in [4.78, 5) is 28.7. The van der Waals surface area contributed by atoms with Crippen LogP contribution >= 0.6 is 12.4 Å². The summed E-state index contributed by atoms with van der Waals surface area (Å²) in [7, 11) is 0. The number of halogens is 1. The summed E-state index contributed by atoms with van der Waals surface area (Å²) in [6.07, 6.45) is 4.08. The minimum atomic E-state index is -0.110. The van der Waals surface area contributed by atoms with E-state index in [2.05, 4.69) is 10.3 Å². The molecule has 6 nitrogen and oxygen atoms in total. The number of rotatable bonds is 6. The standard InChI is InChI=1S/C17H22N4O2.ClH/c1-11-3-2-4-13-16(11)20-10-21(17(13)23)8-7-15(22)19-9-14(18)12-5-6-12;/h2-4,10,12,14H,5-9,18H2,1H3,(H,19,22);1H. The first-order valence-corrected chi connectivity index (χ1v) is 8.03. The number of benzene rings is 1. The highest BCUT2D eigenvalue weighted by Gasteiger charge is 2.28. The van der Waals surface area contributed by atoms with Crippen molar-refractivity contribution < 1.29 is 4.79 Å². The predicted molar refractivity (Wildman–Crippen MR) is 96.3 cm³/mol. The summed E-state index contributed by atoms with van der Waals surface area (Å²) < 4.78 is 1.49. The fraction of sp³-hybridized carbons (Fsp3) is 0.471. The number of hydrogen-bond acceptors (Lipinski definition) is 4. The van der Waals surface area contributed by atoms with E-state index in [4.69, 9.17) is 5.73 Å². The molecule has 3 rings (SSSR count). The molecule has 1 saturated carbocycles. The molecule has 1 aromatic heterocycles. The fourth-order valence-corrected chi connectivity index (χ4v) is 2.73. The van der Waals surface area contributed by atoms with E-state index in [0.717, 1.165) is 18.4 Å². The second kappa shape index (κ2) is 7.77. The summed E-state index contributed by atoms with van der Waals surface area (Å²) in [6.45, 7) is 2.75. The van der Waals surface area contributed by atoms with Crippen LogP contribution in [0.5, 0.6) is 0 Å². The van der Waals surface area contributed by atoms with Crippen LogP contribution in [0.15, 0.2) is 29.3 Å². The van der Waals surface area contributed by atoms with Gasteiger partial charge in [-0.3, -0.25) is 14.2 Å². The minimum Gasteiger partial charge on any atom is -0.354 e. The van der Waals surface area contributed by atoms with Crippen molar-refractivity contribution in [2.75, 3.05) is 6.54 Å². The number of nitrogens with two attached hydrogens (primary N) is 1. The summed E-state index contributed by atoms with van der Waals surface area (Å²) >= 11 is 0. The maximum Gasteiger partial charge on any atom is 0.261 e. The van der Waals surface area contributed by atoms with E-state index in [-0.39, 0.29) is 36.3 Å². The number of fused-ring (bicyclic) bond motifs is 1. The van der Waals surface area contributed by atoms with Gasteiger partial charge in [-0.25, -0.2) is 4.98 Å². The number of nitrogens with one attached hydrogen (secondary N) is 1. The lowest BCUT2D eigenvalue weighted by Crippen LogP contribution is -2.39. The fourth-order valence-electron chi connectivity index (χ4n) is 2.73. The molecule has 0 spiro atoms. The third-order valence-corrected chi connectivity index (χ3v) is 4.40. The Bertz CT molecular complexity index is 786. The Balaban J connectivity index is 0.00000208. The molecular weight excluding hydrogens is 328 g/mol. The van der Waals surface area contributed by atoms with Crippen molar-refractivity contribution in [3.63, 3.8) is 0 Å². The van der Waals surface area contributed by atoms with E-state index in [9.17, 15) is 9.59 Å². The first-order chi connectivity index (χ1) is 11.1. The highest BCUT2D eigenvalue weighted by molar-refractivity contribution is 5.85. The van der Waals surface area contributed by atoms with Gasteiger partial charge in [-0.15, -0.1) is 12.4 Å². The molecule has 2 aromatic rings. The summed E-state index contributed by atoms with van der Waals surface area (Å²) in [5.41, 5.74) is 7.53. The molecule has 1 atom stereocenters. The van der Waals surface area contributed by atoms with Gasteiger partial charge in [0.15, 0.2) is 0 Å². The van der Waals surface area contributed by atoms with Gasteiger partial charge in [-0.05, 0) is 37.3 Å². The maximum absolute atomic E-state index is 12.4. The highest BCUT2D eigenvalue weighted by Crippen LogP contribution is 2.31. The molecule has 24 heavy (non-hydrogen) atoms. The molecule has 1 fully saturated rings. The lowest BCUT2D eigenvalue weighted by molar-refractivity contribution is -0.121. The van der Waals surface area contributed by atoms with Gasteiger partial charge < -0.3 is 11.1 Å². The molecule has 1 amide bonds. The van der Waals surface area contributed by atoms with Crippen LogP contribution in [-0.2, 0) is 11.3 Å². The number of carbonyl (C=O) groups is 1. The second-order valence-corrected chi connectivity index (χ2v) is 6.27. The van der Waals surface area contributed by atoms with Crippen molar-refractivity contribution in [3.05, 3.63) is 40.4 Å². The molecule has 1 aliphatic rings. The van der Waals surface area contributed by atoms with Crippen LogP contribution in [0.1, 0.15) is 24.8 Å². The molecule has 0 radical (unpaired) electrons. The largest absolute Gasteiger partial charge is 0.354 e. The summed E-state index contributed by atoms with van der Waals surface area (Å²) in [6, 6.07) is 5.59. The van der Waals surface area contributed by atoms with Gasteiger partial charge in [-0.2, -0.15) is 0 Å². The van der Waals surface area contributed by atoms with Crippen LogP contribution in [0.2, 0.25) is 0 Å². The predicted octanol–water partition coefficient (Wildman–Crippen LogP) is 1.37. The van der Waals surface area contributed by atoms with Crippen LogP contribution in [-0.4, -0.2) is 28.0 Å². The molecule has 1 aromatic carbocycles. The van der Waals surface area contributed by atoms with Crippen LogP contribution < -0.4 is 16.6 Å². The molecule has 1 unspecified atom stereocenters. The van der Waals surface area contributed by atoms with E-state index >= 15 is 0 Å². The van der Waals surface area contributed by atoms with Crippen molar-refractivity contribution in [1.29, 1.82) is 0 Å². The Labute approximate surface area is 146 Å². The van der Waals surface area contributed by atoms with Crippen LogP contribution in [0.4, 0.5) is 0 Å². The van der Waals surface area contributed by atoms with E-state index in [0.29, 0.717) is 29.9 Å². The zero-order chi connectivity index (χ0) is 16.4. The van der Waals surface area contributed by atoms with E-state index < -0.39 is 0 Å². The van der Waals surface area contributed by atoms with E-state index in [1.165, 1.54) is 10.9 Å². The van der Waals surface area contributed by atoms with Crippen molar-refractivity contribution in [3.8, 4) is 0 Å². The highest BCUT2D eigenvalue weighted by atomic mass is 35.5. The third kappa shape index (κ3) is 4.13. The topological polar surface area (TPSA) is 90.0 Å². The number of para-hydroxylation sites is 1. The number of aryl methyl sites for hydroxylation is 2. The van der Waals surface area contributed by atoms with Gasteiger partial charge in [0.1, 0.15) is 0 Å². The maximum atomic E-state index is 12.4. The van der Waals surface area contributed by atoms with Gasteiger partial charge in [-0.1, -0.05) is 12.1 Å².